The summed E-state index contributed by atoms with van der Waals surface area (Å²) in [5.74, 6) is 2.94. The van der Waals surface area contributed by atoms with Crippen LogP contribution in [0.1, 0.15) is 105 Å². The van der Waals surface area contributed by atoms with Crippen molar-refractivity contribution in [1.82, 2.24) is 20.3 Å². The quantitative estimate of drug-likeness (QED) is 0.232. The molecule has 2 amide bonds. The molecule has 0 radical (unpaired) electrons. The lowest BCUT2D eigenvalue weighted by molar-refractivity contribution is -0.124. The van der Waals surface area contributed by atoms with E-state index in [4.69, 9.17) is 29.2 Å². The molecule has 0 aromatic carbocycles. The maximum absolute atomic E-state index is 14.4. The van der Waals surface area contributed by atoms with Gasteiger partial charge in [0.15, 0.2) is 0 Å². The summed E-state index contributed by atoms with van der Waals surface area (Å²) < 4.78 is 16.6. The van der Waals surface area contributed by atoms with E-state index in [1.54, 1.807) is 18.4 Å². The number of aromatic nitrogens is 3. The van der Waals surface area contributed by atoms with E-state index in [0.717, 1.165) is 66.1 Å². The van der Waals surface area contributed by atoms with E-state index in [1.165, 1.54) is 17.8 Å². The first-order valence-corrected chi connectivity index (χ1v) is 19.0. The fraction of sp³-hybridized carbons (Fsp3) is 0.605. The zero-order valence-electron chi connectivity index (χ0n) is 28.8. The highest BCUT2D eigenvalue weighted by molar-refractivity contribution is 7.15. The number of amides is 2. The van der Waals surface area contributed by atoms with Crippen LogP contribution in [0.15, 0.2) is 36.7 Å². The smallest absolute Gasteiger partial charge is 0.407 e. The second kappa shape index (κ2) is 15.5. The lowest BCUT2D eigenvalue weighted by atomic mass is 9.79. The first-order chi connectivity index (χ1) is 23.9. The number of methoxy groups -OCH3 is 1. The molecule has 0 unspecified atom stereocenters. The van der Waals surface area contributed by atoms with E-state index >= 15 is 0 Å². The Balaban J connectivity index is 1.02. The van der Waals surface area contributed by atoms with Gasteiger partial charge in [-0.1, -0.05) is 0 Å². The van der Waals surface area contributed by atoms with Gasteiger partial charge in [-0.05, 0) is 120 Å². The molecule has 4 heterocycles. The minimum Gasteiger partial charge on any atom is -0.495 e. The fourth-order valence-corrected chi connectivity index (χ4v) is 8.79. The monoisotopic (exact) mass is 687 g/mol. The molecule has 4 aliphatic rings. The van der Waals surface area contributed by atoms with Crippen LogP contribution < -0.4 is 15.0 Å². The molecule has 10 nitrogen and oxygen atoms in total. The molecule has 262 valence electrons. The maximum atomic E-state index is 14.4. The topological polar surface area (TPSA) is 116 Å². The predicted octanol–water partition coefficient (Wildman–Crippen LogP) is 7.57. The van der Waals surface area contributed by atoms with Gasteiger partial charge in [-0.25, -0.2) is 14.8 Å². The van der Waals surface area contributed by atoms with Crippen molar-refractivity contribution in [3.05, 3.63) is 53.1 Å². The van der Waals surface area contributed by atoms with Crippen molar-refractivity contribution in [1.29, 1.82) is 0 Å². The summed E-state index contributed by atoms with van der Waals surface area (Å²) in [7, 11) is 1.68. The number of anilines is 1. The Bertz CT molecular complexity index is 1590. The van der Waals surface area contributed by atoms with Crippen LogP contribution >= 0.6 is 11.3 Å². The minimum atomic E-state index is -0.354. The van der Waals surface area contributed by atoms with Crippen molar-refractivity contribution in [3.8, 4) is 16.2 Å². The molecule has 0 bridgehead atoms. The number of rotatable bonds is 10. The van der Waals surface area contributed by atoms with Gasteiger partial charge in [-0.2, -0.15) is 0 Å². The number of alkyl carbamates (subject to hydrolysis) is 1. The second-order valence-electron chi connectivity index (χ2n) is 14.3. The molecule has 1 N–H and O–H groups in total. The number of aryl methyl sites for hydroxylation is 1. The molecule has 3 saturated carbocycles. The van der Waals surface area contributed by atoms with Crippen LogP contribution in [0.3, 0.4) is 0 Å². The van der Waals surface area contributed by atoms with Crippen molar-refractivity contribution < 1.29 is 23.8 Å². The Morgan fingerprint density at radius 3 is 2.41 bits per heavy atom. The first kappa shape index (κ1) is 33.9. The van der Waals surface area contributed by atoms with Gasteiger partial charge in [0, 0.05) is 61.6 Å². The summed E-state index contributed by atoms with van der Waals surface area (Å²) in [6, 6.07) is 8.34. The highest BCUT2D eigenvalue weighted by atomic mass is 32.1. The zero-order valence-corrected chi connectivity index (χ0v) is 29.6. The van der Waals surface area contributed by atoms with Crippen LogP contribution in [0.5, 0.6) is 5.75 Å². The molecule has 3 aliphatic carbocycles. The summed E-state index contributed by atoms with van der Waals surface area (Å²) in [4.78, 5) is 44.4. The van der Waals surface area contributed by atoms with E-state index in [0.29, 0.717) is 69.0 Å². The first-order valence-electron chi connectivity index (χ1n) is 18.2. The molecule has 0 atom stereocenters. The number of carbonyl (C=O) groups is 2. The van der Waals surface area contributed by atoms with Crippen LogP contribution in [-0.4, -0.2) is 66.0 Å². The average Bonchev–Trinajstić information content (AvgIpc) is 3.87. The molecule has 4 fully saturated rings. The van der Waals surface area contributed by atoms with Gasteiger partial charge < -0.3 is 19.5 Å². The van der Waals surface area contributed by atoms with Gasteiger partial charge in [-0.3, -0.25) is 14.7 Å². The Morgan fingerprint density at radius 1 is 0.939 bits per heavy atom. The number of hydrogen-bond donors (Lipinski definition) is 1. The van der Waals surface area contributed by atoms with Gasteiger partial charge in [0.2, 0.25) is 5.91 Å². The number of hydrogen-bond acceptors (Lipinski definition) is 9. The van der Waals surface area contributed by atoms with Gasteiger partial charge in [0.1, 0.15) is 17.7 Å². The third kappa shape index (κ3) is 8.43. The molecular formula is C38H49N5O5S. The highest BCUT2D eigenvalue weighted by Gasteiger charge is 2.35. The molecule has 0 spiro atoms. The molecular weight excluding hydrogens is 639 g/mol. The number of pyridine rings is 2. The number of nitrogens with zero attached hydrogens (tertiary/aromatic N) is 4. The summed E-state index contributed by atoms with van der Waals surface area (Å²) in [5, 5.41) is 4.21. The standard InChI is InChI=1S/C38H49N5O5S/c1-24-33(46-2)14-13-32(41-24)26-5-3-25(4-6-26)23-43(35-21-29(15-18-39-35)34-22-40-36(49-34)27-7-8-27)37(44)28-9-11-31(12-10-28)48-38(45)42-30-16-19-47-20-17-30/h13-15,18,21-22,25-28,30-31H,3-12,16-17,19-20,23H2,1-2H3,(H,42,45). The van der Waals surface area contributed by atoms with Crippen molar-refractivity contribution in [2.75, 3.05) is 31.8 Å². The number of carbonyl (C=O) groups excluding carboxylic acids is 2. The third-order valence-electron chi connectivity index (χ3n) is 10.8. The van der Waals surface area contributed by atoms with Gasteiger partial charge in [-0.15, -0.1) is 11.3 Å². The van der Waals surface area contributed by atoms with Gasteiger partial charge in [0.05, 0.1) is 22.7 Å². The van der Waals surface area contributed by atoms with Crippen LogP contribution in [0.2, 0.25) is 0 Å². The number of thiazole rings is 1. The van der Waals surface area contributed by atoms with Gasteiger partial charge in [0.25, 0.3) is 0 Å². The Hall–Kier alpha value is -3.57. The highest BCUT2D eigenvalue weighted by Crippen LogP contribution is 2.44. The zero-order chi connectivity index (χ0) is 33.7. The second-order valence-corrected chi connectivity index (χ2v) is 15.4. The van der Waals surface area contributed by atoms with E-state index in [1.807, 2.05) is 36.4 Å². The number of nitrogens with one attached hydrogen (secondary N) is 1. The van der Waals surface area contributed by atoms with Crippen molar-refractivity contribution in [3.63, 3.8) is 0 Å². The van der Waals surface area contributed by atoms with Crippen LogP contribution in [0, 0.1) is 18.8 Å². The van der Waals surface area contributed by atoms with Crippen molar-refractivity contribution >= 4 is 29.2 Å². The molecule has 1 aliphatic heterocycles. The average molecular weight is 688 g/mol. The van der Waals surface area contributed by atoms with Crippen LogP contribution in [0.25, 0.3) is 10.4 Å². The van der Waals surface area contributed by atoms with E-state index in [-0.39, 0.29) is 30.1 Å². The SMILES string of the molecule is COc1ccc(C2CCC(CN(C(=O)C3CCC(OC(=O)NC4CCOCC4)CC3)c3cc(-c4cnc(C5CC5)s4)ccn3)CC2)nc1C. The summed E-state index contributed by atoms with van der Waals surface area (Å²) in [6.45, 7) is 3.98. The lowest BCUT2D eigenvalue weighted by Crippen LogP contribution is -2.43. The lowest BCUT2D eigenvalue weighted by Gasteiger charge is -2.35. The Morgan fingerprint density at radius 2 is 1.69 bits per heavy atom. The fourth-order valence-electron chi connectivity index (χ4n) is 7.71. The van der Waals surface area contributed by atoms with Crippen LogP contribution in [-0.2, 0) is 14.3 Å². The van der Waals surface area contributed by atoms with E-state index < -0.39 is 0 Å². The van der Waals surface area contributed by atoms with Gasteiger partial charge >= 0.3 is 6.09 Å². The van der Waals surface area contributed by atoms with E-state index in [2.05, 4.69) is 17.4 Å². The molecule has 1 saturated heterocycles. The maximum Gasteiger partial charge on any atom is 0.407 e. The summed E-state index contributed by atoms with van der Waals surface area (Å²) in [5.41, 5.74) is 3.12. The van der Waals surface area contributed by atoms with Crippen LogP contribution in [0.4, 0.5) is 10.6 Å². The molecule has 11 heteroatoms. The summed E-state index contributed by atoms with van der Waals surface area (Å²) >= 11 is 1.76. The Labute approximate surface area is 293 Å². The molecule has 3 aromatic heterocycles. The Kier molecular flexibility index (Phi) is 10.8. The molecule has 49 heavy (non-hydrogen) atoms. The van der Waals surface area contributed by atoms with Crippen molar-refractivity contribution in [2.24, 2.45) is 11.8 Å². The minimum absolute atomic E-state index is 0.105. The molecule has 3 aromatic rings. The predicted molar refractivity (Wildman–Crippen MR) is 189 cm³/mol. The molecule has 7 rings (SSSR count). The third-order valence-corrected chi connectivity index (χ3v) is 12.1. The largest absolute Gasteiger partial charge is 0.495 e. The number of ether oxygens (including phenoxy) is 3. The summed E-state index contributed by atoms with van der Waals surface area (Å²) in [6.07, 6.45) is 14.3. The normalized spacial score (nSPS) is 24.6. The van der Waals surface area contributed by atoms with E-state index in [9.17, 15) is 9.59 Å². The van der Waals surface area contributed by atoms with Crippen molar-refractivity contribution in [2.45, 2.75) is 108 Å².